The van der Waals surface area contributed by atoms with E-state index in [9.17, 15) is 13.2 Å². The topological polar surface area (TPSA) is 52.1 Å². The number of rotatable bonds is 2. The fourth-order valence-electron chi connectivity index (χ4n) is 3.82. The zero-order chi connectivity index (χ0) is 20.2. The van der Waals surface area contributed by atoms with Gasteiger partial charge in [-0.1, -0.05) is 58.3 Å². The molecular formula is C22H15F3N2O2. The molecule has 0 amide bonds. The first-order valence-electron chi connectivity index (χ1n) is 9.14. The summed E-state index contributed by atoms with van der Waals surface area (Å²) in [7, 11) is 0. The summed E-state index contributed by atoms with van der Waals surface area (Å²) in [6, 6.07) is 14.1. The number of hydrogen-bond donors (Lipinski definition) is 0. The normalized spacial score (nSPS) is 13.2. The predicted octanol–water partition coefficient (Wildman–Crippen LogP) is 6.09. The van der Waals surface area contributed by atoms with Crippen LogP contribution in [0.3, 0.4) is 0 Å². The third kappa shape index (κ3) is 2.85. The SMILES string of the molecule is Cc1ccc2c(c1)-c1noc(-c3noc(-c4ccccc4)c3C(F)(F)F)c1CC2. The Bertz CT molecular complexity index is 1210. The molecule has 4 aromatic rings. The van der Waals surface area contributed by atoms with Gasteiger partial charge in [0.05, 0.1) is 0 Å². The lowest BCUT2D eigenvalue weighted by molar-refractivity contribution is -0.136. The summed E-state index contributed by atoms with van der Waals surface area (Å²) >= 11 is 0. The van der Waals surface area contributed by atoms with Crippen molar-refractivity contribution in [1.82, 2.24) is 10.3 Å². The zero-order valence-electron chi connectivity index (χ0n) is 15.4. The Kier molecular flexibility index (Phi) is 3.87. The Labute approximate surface area is 163 Å². The highest BCUT2D eigenvalue weighted by molar-refractivity contribution is 5.79. The largest absolute Gasteiger partial charge is 0.422 e. The summed E-state index contributed by atoms with van der Waals surface area (Å²) < 4.78 is 52.5. The standard InChI is InChI=1S/C22H15F3N2O2/c1-12-7-8-13-9-10-15-18(16(13)11-12)26-29-21(15)19-17(22(23,24)25)20(28-27-19)14-5-3-2-4-6-14/h2-8,11H,9-10H2,1H3. The van der Waals surface area contributed by atoms with Crippen molar-refractivity contribution in [3.8, 4) is 34.0 Å². The highest BCUT2D eigenvalue weighted by Crippen LogP contribution is 2.46. The molecule has 29 heavy (non-hydrogen) atoms. The van der Waals surface area contributed by atoms with Gasteiger partial charge in [-0.05, 0) is 31.4 Å². The molecule has 4 nitrogen and oxygen atoms in total. The molecule has 1 aliphatic carbocycles. The van der Waals surface area contributed by atoms with E-state index in [0.29, 0.717) is 29.7 Å². The van der Waals surface area contributed by atoms with E-state index in [2.05, 4.69) is 10.3 Å². The van der Waals surface area contributed by atoms with Crippen LogP contribution in [0.15, 0.2) is 57.6 Å². The summed E-state index contributed by atoms with van der Waals surface area (Å²) in [6.07, 6.45) is -3.44. The number of fused-ring (bicyclic) bond motifs is 3. The smallest absolute Gasteiger partial charge is 0.355 e. The lowest BCUT2D eigenvalue weighted by atomic mass is 9.87. The maximum atomic E-state index is 14.0. The molecule has 2 aromatic carbocycles. The van der Waals surface area contributed by atoms with Crippen molar-refractivity contribution in [2.24, 2.45) is 0 Å². The first-order chi connectivity index (χ1) is 13.9. The van der Waals surface area contributed by atoms with E-state index in [0.717, 1.165) is 16.7 Å². The molecule has 0 saturated heterocycles. The number of aromatic nitrogens is 2. The second-order valence-electron chi connectivity index (χ2n) is 7.10. The van der Waals surface area contributed by atoms with Crippen molar-refractivity contribution < 1.29 is 22.2 Å². The van der Waals surface area contributed by atoms with Crippen LogP contribution in [0, 0.1) is 6.92 Å². The Hall–Kier alpha value is -3.35. The highest BCUT2D eigenvalue weighted by atomic mass is 19.4. The van der Waals surface area contributed by atoms with Gasteiger partial charge in [0.2, 0.25) is 0 Å². The third-order valence-electron chi connectivity index (χ3n) is 5.18. The Balaban J connectivity index is 1.70. The second kappa shape index (κ2) is 6.34. The summed E-state index contributed by atoms with van der Waals surface area (Å²) in [5.74, 6) is -0.310. The van der Waals surface area contributed by atoms with E-state index in [4.69, 9.17) is 9.05 Å². The lowest BCUT2D eigenvalue weighted by Crippen LogP contribution is -2.08. The fraction of sp³-hybridized carbons (Fsp3) is 0.182. The van der Waals surface area contributed by atoms with Gasteiger partial charge >= 0.3 is 6.18 Å². The van der Waals surface area contributed by atoms with Gasteiger partial charge in [0.1, 0.15) is 11.3 Å². The molecule has 0 saturated carbocycles. The first-order valence-corrected chi connectivity index (χ1v) is 9.14. The van der Waals surface area contributed by atoms with Gasteiger partial charge in [0, 0.05) is 16.7 Å². The molecule has 0 fully saturated rings. The molecule has 0 N–H and O–H groups in total. The molecule has 2 heterocycles. The molecule has 0 atom stereocenters. The van der Waals surface area contributed by atoms with Crippen molar-refractivity contribution in [2.45, 2.75) is 25.9 Å². The average molecular weight is 396 g/mol. The lowest BCUT2D eigenvalue weighted by Gasteiger charge is -2.15. The van der Waals surface area contributed by atoms with Gasteiger partial charge in [-0.3, -0.25) is 0 Å². The van der Waals surface area contributed by atoms with Crippen LogP contribution in [0.2, 0.25) is 0 Å². The number of aryl methyl sites for hydroxylation is 2. The van der Waals surface area contributed by atoms with E-state index in [1.165, 1.54) is 0 Å². The number of halogens is 3. The molecule has 2 aromatic heterocycles. The van der Waals surface area contributed by atoms with Crippen LogP contribution in [0.5, 0.6) is 0 Å². The van der Waals surface area contributed by atoms with Crippen molar-refractivity contribution in [3.63, 3.8) is 0 Å². The third-order valence-corrected chi connectivity index (χ3v) is 5.18. The molecule has 0 unspecified atom stereocenters. The number of hydrogen-bond acceptors (Lipinski definition) is 4. The maximum absolute atomic E-state index is 14.0. The van der Waals surface area contributed by atoms with Crippen LogP contribution >= 0.6 is 0 Å². The van der Waals surface area contributed by atoms with E-state index < -0.39 is 11.7 Å². The second-order valence-corrected chi connectivity index (χ2v) is 7.10. The van der Waals surface area contributed by atoms with Gasteiger partial charge in [0.15, 0.2) is 17.2 Å². The zero-order valence-corrected chi connectivity index (χ0v) is 15.4. The van der Waals surface area contributed by atoms with E-state index in [1.54, 1.807) is 30.3 Å². The number of alkyl halides is 3. The molecule has 5 rings (SSSR count). The van der Waals surface area contributed by atoms with Crippen molar-refractivity contribution >= 4 is 0 Å². The minimum absolute atomic E-state index is 0.0189. The summed E-state index contributed by atoms with van der Waals surface area (Å²) in [5.41, 5.74) is 3.23. The summed E-state index contributed by atoms with van der Waals surface area (Å²) in [4.78, 5) is 0. The Morgan fingerprint density at radius 2 is 1.59 bits per heavy atom. The van der Waals surface area contributed by atoms with Crippen LogP contribution < -0.4 is 0 Å². The molecule has 0 radical (unpaired) electrons. The molecular weight excluding hydrogens is 381 g/mol. The Morgan fingerprint density at radius 3 is 2.34 bits per heavy atom. The number of nitrogens with zero attached hydrogens (tertiary/aromatic N) is 2. The van der Waals surface area contributed by atoms with Gasteiger partial charge in [-0.2, -0.15) is 13.2 Å². The maximum Gasteiger partial charge on any atom is 0.422 e. The van der Waals surface area contributed by atoms with Crippen LogP contribution in [-0.4, -0.2) is 10.3 Å². The van der Waals surface area contributed by atoms with E-state index >= 15 is 0 Å². The van der Waals surface area contributed by atoms with Crippen molar-refractivity contribution in [2.75, 3.05) is 0 Å². The average Bonchev–Trinajstić information content (AvgIpc) is 3.32. The van der Waals surface area contributed by atoms with Crippen LogP contribution in [0.1, 0.15) is 22.3 Å². The van der Waals surface area contributed by atoms with Gasteiger partial charge in [-0.25, -0.2) is 0 Å². The highest BCUT2D eigenvalue weighted by Gasteiger charge is 2.43. The molecule has 146 valence electrons. The van der Waals surface area contributed by atoms with E-state index in [-0.39, 0.29) is 17.2 Å². The number of benzene rings is 2. The van der Waals surface area contributed by atoms with Crippen LogP contribution in [-0.2, 0) is 19.0 Å². The molecule has 0 spiro atoms. The monoisotopic (exact) mass is 396 g/mol. The van der Waals surface area contributed by atoms with Gasteiger partial charge in [-0.15, -0.1) is 0 Å². The van der Waals surface area contributed by atoms with Gasteiger partial charge < -0.3 is 9.05 Å². The molecule has 0 aliphatic heterocycles. The minimum atomic E-state index is -4.66. The molecule has 0 bridgehead atoms. The van der Waals surface area contributed by atoms with Crippen LogP contribution in [0.4, 0.5) is 13.2 Å². The van der Waals surface area contributed by atoms with Crippen molar-refractivity contribution in [1.29, 1.82) is 0 Å². The fourth-order valence-corrected chi connectivity index (χ4v) is 3.82. The summed E-state index contributed by atoms with van der Waals surface area (Å²) in [5, 5.41) is 7.85. The van der Waals surface area contributed by atoms with E-state index in [1.807, 2.05) is 25.1 Å². The molecule has 7 heteroatoms. The quantitative estimate of drug-likeness (QED) is 0.411. The molecule has 1 aliphatic rings. The van der Waals surface area contributed by atoms with Crippen LogP contribution in [0.25, 0.3) is 34.0 Å². The first kappa shape index (κ1) is 17.7. The predicted molar refractivity (Wildman–Crippen MR) is 100 cm³/mol. The minimum Gasteiger partial charge on any atom is -0.355 e. The Morgan fingerprint density at radius 1 is 0.862 bits per heavy atom. The summed E-state index contributed by atoms with van der Waals surface area (Å²) in [6.45, 7) is 1.96. The van der Waals surface area contributed by atoms with Crippen molar-refractivity contribution in [3.05, 3.63) is 70.8 Å². The van der Waals surface area contributed by atoms with Gasteiger partial charge in [0.25, 0.3) is 0 Å².